The highest BCUT2D eigenvalue weighted by atomic mass is 28.4. The first-order valence-electron chi connectivity index (χ1n) is 8.85. The molecule has 0 saturated carbocycles. The van der Waals surface area contributed by atoms with E-state index in [-0.39, 0.29) is 5.97 Å². The van der Waals surface area contributed by atoms with E-state index < -0.39 is 8.56 Å². The highest BCUT2D eigenvalue weighted by Gasteiger charge is 2.40. The third kappa shape index (κ3) is 6.08. The third-order valence-electron chi connectivity index (χ3n) is 3.92. The number of carbonyl (C=O) groups excluding carboxylic acids is 1. The molecule has 0 heterocycles. The van der Waals surface area contributed by atoms with Gasteiger partial charge in [0.15, 0.2) is 0 Å². The number of rotatable bonds is 10. The molecule has 0 spiro atoms. The van der Waals surface area contributed by atoms with Gasteiger partial charge in [0.1, 0.15) is 11.5 Å². The molecule has 2 aromatic carbocycles. The number of para-hydroxylation sites is 2. The molecule has 0 N–H and O–H groups in total. The molecule has 2 rings (SSSR count). The molecule has 0 aromatic heterocycles. The molecule has 0 aliphatic rings. The monoisotopic (exact) mass is 370 g/mol. The van der Waals surface area contributed by atoms with Crippen molar-refractivity contribution in [1.82, 2.24) is 0 Å². The van der Waals surface area contributed by atoms with Crippen LogP contribution in [-0.4, -0.2) is 21.1 Å². The number of esters is 1. The van der Waals surface area contributed by atoms with Gasteiger partial charge < -0.3 is 13.6 Å². The van der Waals surface area contributed by atoms with Crippen molar-refractivity contribution in [3.63, 3.8) is 0 Å². The lowest BCUT2D eigenvalue weighted by molar-refractivity contribution is -0.138. The topological polar surface area (TPSA) is 44.8 Å². The fourth-order valence-electron chi connectivity index (χ4n) is 2.48. The largest absolute Gasteiger partial charge is 0.512 e. The van der Waals surface area contributed by atoms with Gasteiger partial charge >= 0.3 is 14.5 Å². The van der Waals surface area contributed by atoms with Crippen molar-refractivity contribution in [2.24, 2.45) is 0 Å². The minimum absolute atomic E-state index is 0.330. The predicted molar refractivity (Wildman–Crippen MR) is 106 cm³/mol. The van der Waals surface area contributed by atoms with Crippen LogP contribution >= 0.6 is 0 Å². The second-order valence-electron chi connectivity index (χ2n) is 6.11. The van der Waals surface area contributed by atoms with Gasteiger partial charge in [-0.25, -0.2) is 4.79 Å². The molecular formula is C21H26O4Si. The molecule has 0 aliphatic carbocycles. The average Bonchev–Trinajstić information content (AvgIpc) is 2.66. The van der Waals surface area contributed by atoms with Crippen LogP contribution in [0.15, 0.2) is 72.8 Å². The second-order valence-corrected chi connectivity index (χ2v) is 9.55. The van der Waals surface area contributed by atoms with Gasteiger partial charge in [0.2, 0.25) is 0 Å². The molecule has 0 radical (unpaired) electrons. The highest BCUT2D eigenvalue weighted by Crippen LogP contribution is 2.27. The Hall–Kier alpha value is -2.53. The maximum Gasteiger partial charge on any atom is 0.460 e. The molecule has 0 unspecified atom stereocenters. The summed E-state index contributed by atoms with van der Waals surface area (Å²) in [5.74, 6) is 1.24. The summed E-state index contributed by atoms with van der Waals surface area (Å²) in [6.45, 7) is 7.65. The number of carbonyl (C=O) groups is 1. The van der Waals surface area contributed by atoms with Crippen LogP contribution in [0.1, 0.15) is 20.3 Å². The molecule has 26 heavy (non-hydrogen) atoms. The number of benzene rings is 2. The Labute approximate surface area is 156 Å². The van der Waals surface area contributed by atoms with Crippen LogP contribution in [0.5, 0.6) is 11.5 Å². The summed E-state index contributed by atoms with van der Waals surface area (Å²) in [5.41, 5.74) is 0.407. The molecule has 0 atom stereocenters. The van der Waals surface area contributed by atoms with Gasteiger partial charge in [0, 0.05) is 17.7 Å². The fraction of sp³-hybridized carbons (Fsp3) is 0.286. The summed E-state index contributed by atoms with van der Waals surface area (Å²) >= 11 is 0. The van der Waals surface area contributed by atoms with E-state index >= 15 is 0 Å². The first-order valence-corrected chi connectivity index (χ1v) is 11.1. The van der Waals surface area contributed by atoms with Crippen LogP contribution in [0, 0.1) is 0 Å². The molecule has 0 amide bonds. The van der Waals surface area contributed by atoms with Crippen LogP contribution in [0.4, 0.5) is 0 Å². The van der Waals surface area contributed by atoms with Crippen molar-refractivity contribution in [1.29, 1.82) is 0 Å². The predicted octanol–water partition coefficient (Wildman–Crippen LogP) is 5.12. The summed E-state index contributed by atoms with van der Waals surface area (Å²) < 4.78 is 18.0. The van der Waals surface area contributed by atoms with Crippen LogP contribution in [-0.2, 0) is 9.53 Å². The van der Waals surface area contributed by atoms with Crippen molar-refractivity contribution in [3.8, 4) is 11.5 Å². The zero-order valence-corrected chi connectivity index (χ0v) is 16.4. The van der Waals surface area contributed by atoms with Gasteiger partial charge in [-0.1, -0.05) is 49.9 Å². The summed E-state index contributed by atoms with van der Waals surface area (Å²) in [6, 6.07) is 20.9. The number of hydrogen-bond acceptors (Lipinski definition) is 4. The van der Waals surface area contributed by atoms with Crippen molar-refractivity contribution < 1.29 is 18.4 Å². The molecule has 0 bridgehead atoms. The summed E-state index contributed by atoms with van der Waals surface area (Å²) in [4.78, 5) is 11.5. The SMILES string of the molecule is C=C(C)C(=O)OCCC[Si](CC)(Oc1ccccc1)Oc1ccccc1. The lowest BCUT2D eigenvalue weighted by Gasteiger charge is -2.31. The van der Waals surface area contributed by atoms with Gasteiger partial charge in [-0.15, -0.1) is 0 Å². The minimum atomic E-state index is -2.56. The molecule has 4 nitrogen and oxygen atoms in total. The van der Waals surface area contributed by atoms with Crippen molar-refractivity contribution >= 4 is 14.5 Å². The van der Waals surface area contributed by atoms with Gasteiger partial charge in [0.05, 0.1) is 6.61 Å². The summed E-state index contributed by atoms with van der Waals surface area (Å²) in [5, 5.41) is 0. The van der Waals surface area contributed by atoms with E-state index in [9.17, 15) is 4.79 Å². The van der Waals surface area contributed by atoms with Gasteiger partial charge in [-0.2, -0.15) is 0 Å². The van der Waals surface area contributed by atoms with Crippen molar-refractivity contribution in [3.05, 3.63) is 72.8 Å². The van der Waals surface area contributed by atoms with E-state index in [1.807, 2.05) is 60.7 Å². The molecule has 0 fully saturated rings. The fourth-order valence-corrected chi connectivity index (χ4v) is 5.18. The van der Waals surface area contributed by atoms with Gasteiger partial charge in [-0.05, 0) is 37.6 Å². The molecular weight excluding hydrogens is 344 g/mol. The normalized spacial score (nSPS) is 10.8. The van der Waals surface area contributed by atoms with E-state index in [4.69, 9.17) is 13.6 Å². The Morgan fingerprint density at radius 1 is 0.962 bits per heavy atom. The third-order valence-corrected chi connectivity index (χ3v) is 7.32. The van der Waals surface area contributed by atoms with Crippen LogP contribution in [0.25, 0.3) is 0 Å². The molecule has 0 saturated heterocycles. The Morgan fingerprint density at radius 2 is 1.46 bits per heavy atom. The lowest BCUT2D eigenvalue weighted by atomic mass is 10.3. The van der Waals surface area contributed by atoms with Crippen LogP contribution in [0.2, 0.25) is 12.1 Å². The lowest BCUT2D eigenvalue weighted by Crippen LogP contribution is -2.48. The standard InChI is InChI=1S/C21H26O4Si/c1-4-26(24-19-12-7-5-8-13-19,25-20-14-9-6-10-15-20)17-11-16-23-21(22)18(2)3/h5-10,12-15H,2,4,11,16-17H2,1,3H3. The van der Waals surface area contributed by atoms with Crippen molar-refractivity contribution in [2.75, 3.05) is 6.61 Å². The Bertz CT molecular complexity index is 659. The Balaban J connectivity index is 2.08. The number of hydrogen-bond donors (Lipinski definition) is 0. The van der Waals surface area contributed by atoms with Crippen LogP contribution in [0.3, 0.4) is 0 Å². The zero-order chi connectivity index (χ0) is 18.8. The average molecular weight is 371 g/mol. The van der Waals surface area contributed by atoms with Crippen molar-refractivity contribution in [2.45, 2.75) is 32.4 Å². The zero-order valence-electron chi connectivity index (χ0n) is 15.4. The first-order chi connectivity index (χ1) is 12.5. The maximum absolute atomic E-state index is 11.5. The first kappa shape index (κ1) is 19.8. The smallest absolute Gasteiger partial charge is 0.460 e. The molecule has 0 aliphatic heterocycles. The molecule has 138 valence electrons. The quantitative estimate of drug-likeness (QED) is 0.252. The summed E-state index contributed by atoms with van der Waals surface area (Å²) in [6.07, 6.45) is 0.679. The van der Waals surface area contributed by atoms with E-state index in [1.165, 1.54) is 0 Å². The van der Waals surface area contributed by atoms with Gasteiger partial charge in [-0.3, -0.25) is 0 Å². The Morgan fingerprint density at radius 3 is 1.88 bits per heavy atom. The second kappa shape index (κ2) is 9.82. The number of ether oxygens (including phenoxy) is 1. The van der Waals surface area contributed by atoms with Crippen LogP contribution < -0.4 is 8.85 Å². The summed E-state index contributed by atoms with van der Waals surface area (Å²) in [7, 11) is -2.56. The van der Waals surface area contributed by atoms with E-state index in [1.54, 1.807) is 6.92 Å². The van der Waals surface area contributed by atoms with E-state index in [2.05, 4.69) is 13.5 Å². The minimum Gasteiger partial charge on any atom is -0.512 e. The van der Waals surface area contributed by atoms with E-state index in [0.29, 0.717) is 18.6 Å². The van der Waals surface area contributed by atoms with Gasteiger partial charge in [0.25, 0.3) is 0 Å². The maximum atomic E-state index is 11.5. The Kier molecular flexibility index (Phi) is 7.47. The molecule has 5 heteroatoms. The highest BCUT2D eigenvalue weighted by molar-refractivity contribution is 6.68. The van der Waals surface area contributed by atoms with E-state index in [0.717, 1.165) is 23.6 Å². The molecule has 2 aromatic rings.